The Morgan fingerprint density at radius 2 is 2.22 bits per heavy atom. The molecular weight excluding hydrogens is 270 g/mol. The molecule has 0 aromatic carbocycles. The monoisotopic (exact) mass is 278 g/mol. The molecule has 0 saturated heterocycles. The molecule has 0 unspecified atom stereocenters. The maximum atomic E-state index is 12.2. The van der Waals surface area contributed by atoms with Crippen LogP contribution in [-0.4, -0.2) is 22.4 Å². The van der Waals surface area contributed by atoms with Crippen molar-refractivity contribution in [3.63, 3.8) is 0 Å². The van der Waals surface area contributed by atoms with Gasteiger partial charge in [0.15, 0.2) is 0 Å². The summed E-state index contributed by atoms with van der Waals surface area (Å²) in [6, 6.07) is 3.08. The van der Waals surface area contributed by atoms with Crippen LogP contribution in [0, 0.1) is 0 Å². The van der Waals surface area contributed by atoms with Gasteiger partial charge in [-0.1, -0.05) is 0 Å². The number of carbonyl (C=O) groups excluding carboxylic acids is 2. The van der Waals surface area contributed by atoms with Crippen LogP contribution >= 0.6 is 11.6 Å². The van der Waals surface area contributed by atoms with E-state index in [0.717, 1.165) is 0 Å². The van der Waals surface area contributed by atoms with Gasteiger partial charge in [-0.15, -0.1) is 0 Å². The summed E-state index contributed by atoms with van der Waals surface area (Å²) in [5.41, 5.74) is 0.318. The molecule has 1 rings (SSSR count). The second-order valence-corrected chi connectivity index (χ2v) is 3.80. The molecule has 0 radical (unpaired) electrons. The van der Waals surface area contributed by atoms with Gasteiger partial charge >= 0.3 is 17.4 Å². The summed E-state index contributed by atoms with van der Waals surface area (Å²) < 4.78 is 28.7. The first-order valence-corrected chi connectivity index (χ1v) is 5.23. The number of rotatable bonds is 4. The first-order valence-electron chi connectivity index (χ1n) is 4.85. The highest BCUT2D eigenvalue weighted by Gasteiger charge is 2.26. The first kappa shape index (κ1) is 14.3. The Balaban J connectivity index is 2.34. The number of esters is 1. The normalized spacial score (nSPS) is 10.8. The van der Waals surface area contributed by atoms with Gasteiger partial charge in [0.25, 0.3) is 0 Å². The van der Waals surface area contributed by atoms with E-state index in [2.05, 4.69) is 26.6 Å². The van der Waals surface area contributed by atoms with Crippen LogP contribution in [0.15, 0.2) is 24.5 Å². The molecule has 5 nitrogen and oxygen atoms in total. The van der Waals surface area contributed by atoms with Crippen LogP contribution < -0.4 is 5.32 Å². The molecule has 0 atom stereocenters. The van der Waals surface area contributed by atoms with Gasteiger partial charge in [0, 0.05) is 12.6 Å². The molecule has 1 aromatic heterocycles. The van der Waals surface area contributed by atoms with Crippen LogP contribution in [0.1, 0.15) is 12.8 Å². The Morgan fingerprint density at radius 3 is 2.78 bits per heavy atom. The zero-order chi connectivity index (χ0) is 13.6. The van der Waals surface area contributed by atoms with Crippen molar-refractivity contribution in [2.45, 2.75) is 18.2 Å². The zero-order valence-corrected chi connectivity index (χ0v) is 9.79. The Labute approximate surface area is 106 Å². The van der Waals surface area contributed by atoms with E-state index < -0.39 is 30.3 Å². The van der Waals surface area contributed by atoms with E-state index >= 15 is 0 Å². The molecule has 8 heteroatoms. The van der Waals surface area contributed by atoms with Crippen molar-refractivity contribution in [1.82, 2.24) is 4.98 Å². The summed E-state index contributed by atoms with van der Waals surface area (Å²) in [4.78, 5) is 25.9. The Morgan fingerprint density at radius 1 is 1.50 bits per heavy atom. The Bertz CT molecular complexity index is 423. The van der Waals surface area contributed by atoms with Gasteiger partial charge in [-0.05, 0) is 23.7 Å². The molecule has 1 aromatic rings. The number of pyridine rings is 1. The number of alkyl halides is 3. The number of nitrogens with one attached hydrogen (secondary N) is 1. The summed E-state index contributed by atoms with van der Waals surface area (Å²) >= 11 is 4.59. The average molecular weight is 279 g/mol. The molecule has 0 saturated carbocycles. The molecule has 18 heavy (non-hydrogen) atoms. The molecule has 1 amide bonds. The van der Waals surface area contributed by atoms with Crippen molar-refractivity contribution in [2.24, 2.45) is 0 Å². The summed E-state index contributed by atoms with van der Waals surface area (Å²) in [6.07, 6.45) is 0.207. The van der Waals surface area contributed by atoms with Crippen LogP contribution in [0.5, 0.6) is 0 Å². The van der Waals surface area contributed by atoms with Gasteiger partial charge in [-0.2, -0.15) is 8.78 Å². The second kappa shape index (κ2) is 6.25. The predicted molar refractivity (Wildman–Crippen MR) is 59.4 cm³/mol. The highest BCUT2D eigenvalue weighted by Crippen LogP contribution is 2.24. The number of ether oxygens (including phenoxy) is 1. The lowest BCUT2D eigenvalue weighted by Crippen LogP contribution is -2.20. The van der Waals surface area contributed by atoms with Crippen molar-refractivity contribution in [3.8, 4) is 0 Å². The lowest BCUT2D eigenvalue weighted by molar-refractivity contribution is -0.138. The van der Waals surface area contributed by atoms with Crippen molar-refractivity contribution in [1.29, 1.82) is 0 Å². The van der Waals surface area contributed by atoms with Crippen LogP contribution in [0.25, 0.3) is 0 Å². The number of carbonyl (C=O) groups is 2. The summed E-state index contributed by atoms with van der Waals surface area (Å²) in [5, 5.41) is -1.28. The molecular formula is C10H9ClF2N2O3. The van der Waals surface area contributed by atoms with Gasteiger partial charge in [0.1, 0.15) is 0 Å². The molecule has 1 N–H and O–H groups in total. The van der Waals surface area contributed by atoms with E-state index in [-0.39, 0.29) is 0 Å². The minimum atomic E-state index is -3.49. The smallest absolute Gasteiger partial charge is 0.376 e. The van der Waals surface area contributed by atoms with Crippen LogP contribution in [-0.2, 0) is 9.53 Å². The Hall–Kier alpha value is -1.76. The van der Waals surface area contributed by atoms with E-state index in [1.54, 1.807) is 6.07 Å². The predicted octanol–water partition coefficient (Wildman–Crippen LogP) is 2.77. The largest absolute Gasteiger partial charge is 0.419 e. The lowest BCUT2D eigenvalue weighted by Gasteiger charge is -2.07. The Kier molecular flexibility index (Phi) is 4.96. The van der Waals surface area contributed by atoms with Crippen LogP contribution in [0.2, 0.25) is 0 Å². The van der Waals surface area contributed by atoms with Gasteiger partial charge in [-0.25, -0.2) is 4.79 Å². The fourth-order valence-corrected chi connectivity index (χ4v) is 1.07. The third kappa shape index (κ3) is 6.09. The fraction of sp³-hybridized carbons (Fsp3) is 0.300. The quantitative estimate of drug-likeness (QED) is 0.522. The van der Waals surface area contributed by atoms with E-state index in [1.165, 1.54) is 18.5 Å². The third-order valence-electron chi connectivity index (χ3n) is 1.73. The molecule has 0 aliphatic rings. The average Bonchev–Trinajstić information content (AvgIpc) is 2.26. The van der Waals surface area contributed by atoms with Gasteiger partial charge in [0.05, 0.1) is 18.3 Å². The van der Waals surface area contributed by atoms with Gasteiger partial charge in [0.2, 0.25) is 0 Å². The molecule has 0 fully saturated rings. The van der Waals surface area contributed by atoms with Gasteiger partial charge < -0.3 is 4.74 Å². The van der Waals surface area contributed by atoms with Gasteiger partial charge in [-0.3, -0.25) is 15.1 Å². The molecule has 0 aliphatic carbocycles. The molecule has 1 heterocycles. The molecule has 0 spiro atoms. The highest BCUT2D eigenvalue weighted by molar-refractivity contribution is 6.21. The minimum Gasteiger partial charge on any atom is -0.376 e. The molecule has 0 aliphatic heterocycles. The zero-order valence-electron chi connectivity index (χ0n) is 9.03. The second-order valence-electron chi connectivity index (χ2n) is 3.24. The number of amides is 1. The number of anilines is 1. The van der Waals surface area contributed by atoms with Crippen molar-refractivity contribution in [3.05, 3.63) is 24.5 Å². The summed E-state index contributed by atoms with van der Waals surface area (Å²) in [7, 11) is 0. The first-order chi connectivity index (χ1) is 8.37. The third-order valence-corrected chi connectivity index (χ3v) is 1.92. The number of hydrogen-bond donors (Lipinski definition) is 1. The summed E-state index contributed by atoms with van der Waals surface area (Å²) in [6.45, 7) is 0. The highest BCUT2D eigenvalue weighted by atomic mass is 35.5. The maximum Gasteiger partial charge on any atom is 0.419 e. The van der Waals surface area contributed by atoms with Crippen LogP contribution in [0.4, 0.5) is 19.3 Å². The number of halogens is 3. The minimum absolute atomic E-state index is 0.318. The summed E-state index contributed by atoms with van der Waals surface area (Å²) in [5.74, 6) is -1.09. The fourth-order valence-electron chi connectivity index (χ4n) is 0.978. The van der Waals surface area contributed by atoms with Crippen LogP contribution in [0.3, 0.4) is 0 Å². The maximum absolute atomic E-state index is 12.2. The topological polar surface area (TPSA) is 68.3 Å². The SMILES string of the molecule is O=C(CCC(F)(F)Cl)OC(=O)Nc1cccnc1. The van der Waals surface area contributed by atoms with E-state index in [4.69, 9.17) is 0 Å². The standard InChI is InChI=1S/C10H9ClF2N2O3/c11-10(12,13)4-3-8(16)18-9(17)15-7-2-1-5-14-6-7/h1-2,5-6H,3-4H2,(H,15,17). The van der Waals surface area contributed by atoms with Crippen molar-refractivity contribution < 1.29 is 23.1 Å². The number of aromatic nitrogens is 1. The van der Waals surface area contributed by atoms with Crippen molar-refractivity contribution in [2.75, 3.05) is 5.32 Å². The number of hydrogen-bond acceptors (Lipinski definition) is 4. The van der Waals surface area contributed by atoms with E-state index in [9.17, 15) is 18.4 Å². The van der Waals surface area contributed by atoms with E-state index in [1.807, 2.05) is 0 Å². The number of nitrogens with zero attached hydrogens (tertiary/aromatic N) is 1. The lowest BCUT2D eigenvalue weighted by atomic mass is 10.3. The molecule has 98 valence electrons. The van der Waals surface area contributed by atoms with Crippen molar-refractivity contribution >= 4 is 29.4 Å². The van der Waals surface area contributed by atoms with E-state index in [0.29, 0.717) is 5.69 Å². The molecule has 0 bridgehead atoms.